The van der Waals surface area contributed by atoms with E-state index in [1.807, 2.05) is 0 Å². The molecule has 0 spiro atoms. The van der Waals surface area contributed by atoms with Gasteiger partial charge in [0.15, 0.2) is 5.13 Å². The maximum Gasteiger partial charge on any atom is 0.416 e. The zero-order valence-corrected chi connectivity index (χ0v) is 22.0. The van der Waals surface area contributed by atoms with E-state index in [0.29, 0.717) is 35.8 Å². The second-order valence-corrected chi connectivity index (χ2v) is 10.9. The van der Waals surface area contributed by atoms with Gasteiger partial charge in [-0.1, -0.05) is 17.4 Å². The zero-order valence-electron chi connectivity index (χ0n) is 21.2. The van der Waals surface area contributed by atoms with Crippen molar-refractivity contribution < 1.29 is 37.8 Å². The molecule has 2 aromatic rings. The number of amides is 3. The van der Waals surface area contributed by atoms with Crippen molar-refractivity contribution in [3.63, 3.8) is 0 Å². The molecular weight excluding hydrogens is 539 g/mol. The van der Waals surface area contributed by atoms with E-state index in [1.165, 1.54) is 30.6 Å². The molecule has 1 aromatic heterocycles. The molecule has 39 heavy (non-hydrogen) atoms. The number of nitrogens with one attached hydrogen (secondary N) is 2. The minimum Gasteiger partial charge on any atom is -0.465 e. The predicted molar refractivity (Wildman–Crippen MR) is 137 cm³/mol. The molecule has 1 atom stereocenters. The summed E-state index contributed by atoms with van der Waals surface area (Å²) in [5.74, 6) is -1.19. The summed E-state index contributed by atoms with van der Waals surface area (Å²) in [6.07, 6.45) is -0.974. The molecule has 14 heteroatoms. The summed E-state index contributed by atoms with van der Waals surface area (Å²) in [6.45, 7) is 1.03. The van der Waals surface area contributed by atoms with Crippen LogP contribution >= 0.6 is 11.3 Å². The molecule has 1 aliphatic heterocycles. The molecule has 3 amide bonds. The van der Waals surface area contributed by atoms with Gasteiger partial charge >= 0.3 is 12.3 Å². The third-order valence-electron chi connectivity index (χ3n) is 7.27. The highest BCUT2D eigenvalue weighted by Gasteiger charge is 2.40. The molecule has 4 N–H and O–H groups in total. The molecule has 212 valence electrons. The van der Waals surface area contributed by atoms with E-state index in [0.717, 1.165) is 42.5 Å². The Hall–Kier alpha value is -3.23. The molecular formula is C25H30F3N5O5S. The third kappa shape index (κ3) is 6.86. The Balaban J connectivity index is 1.22. The second kappa shape index (κ2) is 11.5. The Morgan fingerprint density at radius 2 is 1.95 bits per heavy atom. The lowest BCUT2D eigenvalue weighted by Gasteiger charge is -2.39. The molecule has 1 saturated heterocycles. The van der Waals surface area contributed by atoms with Gasteiger partial charge in [0.1, 0.15) is 5.60 Å². The molecule has 0 bridgehead atoms. The van der Waals surface area contributed by atoms with Gasteiger partial charge in [0.2, 0.25) is 5.91 Å². The van der Waals surface area contributed by atoms with Crippen LogP contribution in [0, 0.1) is 0 Å². The molecule has 1 aromatic carbocycles. The van der Waals surface area contributed by atoms with E-state index < -0.39 is 35.2 Å². The van der Waals surface area contributed by atoms with Crippen LogP contribution in [-0.2, 0) is 16.6 Å². The van der Waals surface area contributed by atoms with E-state index in [4.69, 9.17) is 5.11 Å². The van der Waals surface area contributed by atoms with Crippen molar-refractivity contribution in [2.45, 2.75) is 56.0 Å². The topological polar surface area (TPSA) is 135 Å². The summed E-state index contributed by atoms with van der Waals surface area (Å²) in [4.78, 5) is 43.8. The van der Waals surface area contributed by atoms with E-state index >= 15 is 0 Å². The minimum atomic E-state index is -4.57. The predicted octanol–water partition coefficient (Wildman–Crippen LogP) is 3.03. The Kier molecular flexibility index (Phi) is 8.47. The van der Waals surface area contributed by atoms with E-state index in [1.54, 1.807) is 0 Å². The molecule has 1 saturated carbocycles. The number of likely N-dealkylation sites (tertiary alicyclic amines) is 1. The monoisotopic (exact) mass is 569 g/mol. The Labute approximate surface area is 226 Å². The van der Waals surface area contributed by atoms with Gasteiger partial charge in [-0.3, -0.25) is 19.4 Å². The number of rotatable bonds is 7. The van der Waals surface area contributed by atoms with Crippen molar-refractivity contribution in [3.05, 3.63) is 46.5 Å². The smallest absolute Gasteiger partial charge is 0.416 e. The van der Waals surface area contributed by atoms with Crippen molar-refractivity contribution in [1.82, 2.24) is 20.5 Å². The largest absolute Gasteiger partial charge is 0.465 e. The number of nitrogens with zero attached hydrogens (tertiary/aromatic N) is 3. The summed E-state index contributed by atoms with van der Waals surface area (Å²) in [6, 6.07) is 4.12. The van der Waals surface area contributed by atoms with Gasteiger partial charge in [-0.25, -0.2) is 9.78 Å². The zero-order chi connectivity index (χ0) is 28.4. The quantitative estimate of drug-likeness (QED) is 0.403. The highest BCUT2D eigenvalue weighted by Crippen LogP contribution is 2.42. The standard InChI is InChI=1S/C25H30F3N5O5S/c1-32(23(36)37)22-30-12-19(39-22)24(38)8-5-18(6-9-24)33-10-7-17(14-33)31-20(34)13-29-21(35)15-3-2-4-16(11-15)25(26,27)28/h2-4,11-12,17-18,38H,5-10,13-14H2,1H3,(H,29,35)(H,31,34)(H,36,37)/t17-,18?,24?/m1/s1. The maximum absolute atomic E-state index is 12.9. The summed E-state index contributed by atoms with van der Waals surface area (Å²) < 4.78 is 38.6. The average Bonchev–Trinajstić information content (AvgIpc) is 3.57. The van der Waals surface area contributed by atoms with Crippen LogP contribution in [0.1, 0.15) is 52.9 Å². The first-order valence-corrected chi connectivity index (χ1v) is 13.3. The number of carboxylic acid groups (broad SMARTS) is 1. The fourth-order valence-electron chi connectivity index (χ4n) is 5.02. The summed E-state index contributed by atoms with van der Waals surface area (Å²) in [7, 11) is 1.40. The molecule has 0 unspecified atom stereocenters. The summed E-state index contributed by atoms with van der Waals surface area (Å²) in [5, 5.41) is 25.9. The molecule has 0 radical (unpaired) electrons. The number of aromatic nitrogens is 1. The molecule has 4 rings (SSSR count). The van der Waals surface area contributed by atoms with Crippen LogP contribution in [-0.4, -0.2) is 76.8 Å². The molecule has 2 heterocycles. The normalized spacial score (nSPS) is 23.8. The summed E-state index contributed by atoms with van der Waals surface area (Å²) in [5.41, 5.74) is -2.17. The number of anilines is 1. The molecule has 10 nitrogen and oxygen atoms in total. The number of carbonyl (C=O) groups excluding carboxylic acids is 2. The van der Waals surface area contributed by atoms with E-state index in [9.17, 15) is 32.7 Å². The maximum atomic E-state index is 12.9. The molecule has 1 aliphatic carbocycles. The van der Waals surface area contributed by atoms with Crippen molar-refractivity contribution in [2.75, 3.05) is 31.6 Å². The SMILES string of the molecule is CN(C(=O)O)c1ncc(C2(O)CCC(N3CC[C@@H](NC(=O)CNC(=O)c4cccc(C(F)(F)F)c4)C3)CC2)s1. The summed E-state index contributed by atoms with van der Waals surface area (Å²) >= 11 is 1.17. The highest BCUT2D eigenvalue weighted by molar-refractivity contribution is 7.15. The van der Waals surface area contributed by atoms with Crippen molar-refractivity contribution >= 4 is 34.4 Å². The van der Waals surface area contributed by atoms with E-state index in [-0.39, 0.29) is 24.2 Å². The van der Waals surface area contributed by atoms with Crippen LogP contribution in [0.15, 0.2) is 30.5 Å². The van der Waals surface area contributed by atoms with Gasteiger partial charge in [0, 0.05) is 44.0 Å². The van der Waals surface area contributed by atoms with Crippen LogP contribution < -0.4 is 15.5 Å². The third-order valence-corrected chi connectivity index (χ3v) is 8.54. The first kappa shape index (κ1) is 28.8. The van der Waals surface area contributed by atoms with Crippen LogP contribution in [0.2, 0.25) is 0 Å². The Bertz CT molecular complexity index is 1210. The van der Waals surface area contributed by atoms with Gasteiger partial charge in [0.05, 0.1) is 17.0 Å². The number of benzene rings is 1. The number of carbonyl (C=O) groups is 3. The minimum absolute atomic E-state index is 0.126. The van der Waals surface area contributed by atoms with E-state index in [2.05, 4.69) is 20.5 Å². The second-order valence-electron chi connectivity index (χ2n) is 9.92. The lowest BCUT2D eigenvalue weighted by atomic mass is 9.81. The van der Waals surface area contributed by atoms with Crippen LogP contribution in [0.25, 0.3) is 0 Å². The van der Waals surface area contributed by atoms with Gasteiger partial charge in [-0.05, 0) is 50.3 Å². The Morgan fingerprint density at radius 3 is 2.62 bits per heavy atom. The molecule has 2 aliphatic rings. The fourth-order valence-corrected chi connectivity index (χ4v) is 6.04. The average molecular weight is 570 g/mol. The highest BCUT2D eigenvalue weighted by atomic mass is 32.1. The lowest BCUT2D eigenvalue weighted by molar-refractivity contribution is -0.137. The fraction of sp³-hybridized carbons (Fsp3) is 0.520. The number of hydrogen-bond acceptors (Lipinski definition) is 7. The van der Waals surface area contributed by atoms with Crippen LogP contribution in [0.4, 0.5) is 23.1 Å². The van der Waals surface area contributed by atoms with Crippen LogP contribution in [0.5, 0.6) is 0 Å². The van der Waals surface area contributed by atoms with Crippen molar-refractivity contribution in [2.24, 2.45) is 0 Å². The van der Waals surface area contributed by atoms with Crippen LogP contribution in [0.3, 0.4) is 0 Å². The van der Waals surface area contributed by atoms with Gasteiger partial charge < -0.3 is 20.8 Å². The van der Waals surface area contributed by atoms with Gasteiger partial charge in [-0.2, -0.15) is 13.2 Å². The van der Waals surface area contributed by atoms with Crippen molar-refractivity contribution in [3.8, 4) is 0 Å². The first-order valence-electron chi connectivity index (χ1n) is 12.5. The number of hydrogen-bond donors (Lipinski definition) is 4. The number of alkyl halides is 3. The molecule has 2 fully saturated rings. The number of thiazole rings is 1. The van der Waals surface area contributed by atoms with Gasteiger partial charge in [0.25, 0.3) is 5.91 Å². The van der Waals surface area contributed by atoms with Gasteiger partial charge in [-0.15, -0.1) is 0 Å². The first-order chi connectivity index (χ1) is 18.4. The Morgan fingerprint density at radius 1 is 1.23 bits per heavy atom. The number of halogens is 3. The van der Waals surface area contributed by atoms with Crippen molar-refractivity contribution in [1.29, 1.82) is 0 Å². The lowest BCUT2D eigenvalue weighted by Crippen LogP contribution is -2.45. The number of aliphatic hydroxyl groups is 1.